The van der Waals surface area contributed by atoms with E-state index >= 15 is 0 Å². The zero-order chi connectivity index (χ0) is 16.2. The highest BCUT2D eigenvalue weighted by Gasteiger charge is 2.25. The van der Waals surface area contributed by atoms with Crippen molar-refractivity contribution >= 4 is 16.7 Å². The van der Waals surface area contributed by atoms with Crippen LogP contribution in [0, 0.1) is 5.92 Å². The van der Waals surface area contributed by atoms with Crippen LogP contribution in [0.15, 0.2) is 36.4 Å². The minimum atomic E-state index is -0.0102. The highest BCUT2D eigenvalue weighted by atomic mass is 16.5. The number of benzene rings is 2. The quantitative estimate of drug-likeness (QED) is 0.899. The van der Waals surface area contributed by atoms with Crippen LogP contribution in [0.25, 0.3) is 10.8 Å². The Hall–Kier alpha value is -2.03. The Bertz CT molecular complexity index is 695. The van der Waals surface area contributed by atoms with Crippen LogP contribution < -0.4 is 10.1 Å². The van der Waals surface area contributed by atoms with Crippen molar-refractivity contribution in [3.63, 3.8) is 0 Å². The Morgan fingerprint density at radius 1 is 1.17 bits per heavy atom. The average molecular weight is 311 g/mol. The molecule has 1 amide bonds. The van der Waals surface area contributed by atoms with Crippen molar-refractivity contribution in [3.8, 4) is 5.75 Å². The van der Waals surface area contributed by atoms with Crippen molar-refractivity contribution in [3.05, 3.63) is 42.0 Å². The number of carbonyl (C=O) groups is 1. The minimum absolute atomic E-state index is 0.0102. The Labute approximate surface area is 138 Å². The molecule has 0 aliphatic heterocycles. The molecule has 0 radical (unpaired) electrons. The van der Waals surface area contributed by atoms with Crippen LogP contribution in [0.4, 0.5) is 0 Å². The maximum atomic E-state index is 13.0. The summed E-state index contributed by atoms with van der Waals surface area (Å²) >= 11 is 0. The standard InChI is InChI=1S/C20H25NO2/c1-3-23-18-13-12-15-9-5-6-10-16(15)19(18)20(22)21-17-11-7-4-8-14(17)2/h5-6,9-10,12-14,17H,3-4,7-8,11H2,1-2H3,(H,21,22)/t14-,17+/m1/s1. The molecule has 1 aliphatic carbocycles. The van der Waals surface area contributed by atoms with E-state index in [-0.39, 0.29) is 11.9 Å². The van der Waals surface area contributed by atoms with E-state index in [1.165, 1.54) is 19.3 Å². The number of ether oxygens (including phenoxy) is 1. The first kappa shape index (κ1) is 15.9. The summed E-state index contributed by atoms with van der Waals surface area (Å²) in [6.07, 6.45) is 4.73. The van der Waals surface area contributed by atoms with Crippen molar-refractivity contribution in [2.75, 3.05) is 6.61 Å². The van der Waals surface area contributed by atoms with Gasteiger partial charge in [-0.05, 0) is 42.5 Å². The average Bonchev–Trinajstić information content (AvgIpc) is 2.57. The molecule has 0 bridgehead atoms. The molecule has 0 spiro atoms. The van der Waals surface area contributed by atoms with Crippen LogP contribution in [0.3, 0.4) is 0 Å². The largest absolute Gasteiger partial charge is 0.493 e. The van der Waals surface area contributed by atoms with E-state index in [1.54, 1.807) is 0 Å². The third kappa shape index (κ3) is 3.34. The Balaban J connectivity index is 1.95. The van der Waals surface area contributed by atoms with Gasteiger partial charge in [0.05, 0.1) is 12.2 Å². The lowest BCUT2D eigenvalue weighted by Gasteiger charge is -2.29. The fourth-order valence-electron chi connectivity index (χ4n) is 3.53. The van der Waals surface area contributed by atoms with E-state index in [0.29, 0.717) is 23.8 Å². The number of carbonyl (C=O) groups excluding carboxylic acids is 1. The lowest BCUT2D eigenvalue weighted by atomic mass is 9.85. The Morgan fingerprint density at radius 2 is 1.96 bits per heavy atom. The van der Waals surface area contributed by atoms with Gasteiger partial charge < -0.3 is 10.1 Å². The molecule has 3 heteroatoms. The van der Waals surface area contributed by atoms with E-state index in [2.05, 4.69) is 12.2 Å². The summed E-state index contributed by atoms with van der Waals surface area (Å²) in [7, 11) is 0. The maximum absolute atomic E-state index is 13.0. The van der Waals surface area contributed by atoms with Crippen LogP contribution in [0.2, 0.25) is 0 Å². The zero-order valence-electron chi connectivity index (χ0n) is 14.0. The van der Waals surface area contributed by atoms with Crippen LogP contribution in [-0.2, 0) is 0 Å². The van der Waals surface area contributed by atoms with E-state index in [9.17, 15) is 4.79 Å². The van der Waals surface area contributed by atoms with E-state index in [0.717, 1.165) is 17.2 Å². The van der Waals surface area contributed by atoms with Crippen molar-refractivity contribution in [1.82, 2.24) is 5.32 Å². The second kappa shape index (κ2) is 7.03. The van der Waals surface area contributed by atoms with Gasteiger partial charge in [0.15, 0.2) is 0 Å². The molecule has 0 heterocycles. The van der Waals surface area contributed by atoms with Crippen molar-refractivity contribution < 1.29 is 9.53 Å². The molecule has 2 aromatic rings. The first-order chi connectivity index (χ1) is 11.2. The molecule has 0 unspecified atom stereocenters. The lowest BCUT2D eigenvalue weighted by Crippen LogP contribution is -2.41. The second-order valence-corrected chi connectivity index (χ2v) is 6.43. The minimum Gasteiger partial charge on any atom is -0.493 e. The fraction of sp³-hybridized carbons (Fsp3) is 0.450. The molecule has 0 aromatic heterocycles. The SMILES string of the molecule is CCOc1ccc2ccccc2c1C(=O)N[C@H]1CCCC[C@H]1C. The Morgan fingerprint density at radius 3 is 2.74 bits per heavy atom. The van der Waals surface area contributed by atoms with Gasteiger partial charge in [0.2, 0.25) is 0 Å². The molecule has 3 nitrogen and oxygen atoms in total. The number of hydrogen-bond acceptors (Lipinski definition) is 2. The van der Waals surface area contributed by atoms with Gasteiger partial charge in [0, 0.05) is 6.04 Å². The number of fused-ring (bicyclic) bond motifs is 1. The first-order valence-electron chi connectivity index (χ1n) is 8.66. The Kier molecular flexibility index (Phi) is 4.85. The summed E-state index contributed by atoms with van der Waals surface area (Å²) in [6.45, 7) is 4.73. The molecule has 1 aliphatic rings. The summed E-state index contributed by atoms with van der Waals surface area (Å²) in [5.74, 6) is 1.20. The predicted molar refractivity (Wildman–Crippen MR) is 94.0 cm³/mol. The number of nitrogens with one attached hydrogen (secondary N) is 1. The first-order valence-corrected chi connectivity index (χ1v) is 8.66. The molecule has 1 N–H and O–H groups in total. The van der Waals surface area contributed by atoms with Gasteiger partial charge in [-0.15, -0.1) is 0 Å². The zero-order valence-corrected chi connectivity index (χ0v) is 14.0. The van der Waals surface area contributed by atoms with Crippen molar-refractivity contribution in [1.29, 1.82) is 0 Å². The molecule has 1 saturated carbocycles. The summed E-state index contributed by atoms with van der Waals surface area (Å²) < 4.78 is 5.72. The van der Waals surface area contributed by atoms with E-state index < -0.39 is 0 Å². The molecule has 2 aromatic carbocycles. The van der Waals surface area contributed by atoms with Gasteiger partial charge in [-0.1, -0.05) is 50.1 Å². The number of rotatable bonds is 4. The smallest absolute Gasteiger partial charge is 0.255 e. The van der Waals surface area contributed by atoms with E-state index in [1.807, 2.05) is 43.3 Å². The molecule has 23 heavy (non-hydrogen) atoms. The molecular formula is C20H25NO2. The van der Waals surface area contributed by atoms with Crippen molar-refractivity contribution in [2.24, 2.45) is 5.92 Å². The third-order valence-corrected chi connectivity index (χ3v) is 4.85. The number of hydrogen-bond donors (Lipinski definition) is 1. The van der Waals surface area contributed by atoms with Crippen LogP contribution in [-0.4, -0.2) is 18.6 Å². The molecular weight excluding hydrogens is 286 g/mol. The predicted octanol–water partition coefficient (Wildman–Crippen LogP) is 4.55. The summed E-state index contributed by atoms with van der Waals surface area (Å²) in [6, 6.07) is 12.2. The summed E-state index contributed by atoms with van der Waals surface area (Å²) in [5, 5.41) is 5.28. The topological polar surface area (TPSA) is 38.3 Å². The van der Waals surface area contributed by atoms with Gasteiger partial charge in [-0.25, -0.2) is 0 Å². The third-order valence-electron chi connectivity index (χ3n) is 4.85. The molecule has 2 atom stereocenters. The maximum Gasteiger partial charge on any atom is 0.255 e. The van der Waals surface area contributed by atoms with Crippen LogP contribution in [0.5, 0.6) is 5.75 Å². The van der Waals surface area contributed by atoms with E-state index in [4.69, 9.17) is 4.74 Å². The molecule has 122 valence electrons. The highest BCUT2D eigenvalue weighted by Crippen LogP contribution is 2.30. The van der Waals surface area contributed by atoms with Gasteiger partial charge in [0.25, 0.3) is 5.91 Å². The van der Waals surface area contributed by atoms with Gasteiger partial charge in [-0.2, -0.15) is 0 Å². The summed E-state index contributed by atoms with van der Waals surface area (Å²) in [5.41, 5.74) is 0.669. The lowest BCUT2D eigenvalue weighted by molar-refractivity contribution is 0.0908. The van der Waals surface area contributed by atoms with Gasteiger partial charge in [0.1, 0.15) is 5.75 Å². The van der Waals surface area contributed by atoms with Gasteiger partial charge in [-0.3, -0.25) is 4.79 Å². The second-order valence-electron chi connectivity index (χ2n) is 6.43. The van der Waals surface area contributed by atoms with Gasteiger partial charge >= 0.3 is 0 Å². The highest BCUT2D eigenvalue weighted by molar-refractivity contribution is 6.09. The monoisotopic (exact) mass is 311 g/mol. The number of amides is 1. The van der Waals surface area contributed by atoms with Crippen LogP contribution >= 0.6 is 0 Å². The molecule has 0 saturated heterocycles. The summed E-state index contributed by atoms with van der Waals surface area (Å²) in [4.78, 5) is 13.0. The molecule has 1 fully saturated rings. The molecule has 3 rings (SSSR count). The fourth-order valence-corrected chi connectivity index (χ4v) is 3.53. The van der Waals surface area contributed by atoms with Crippen molar-refractivity contribution in [2.45, 2.75) is 45.6 Å². The van der Waals surface area contributed by atoms with Crippen LogP contribution in [0.1, 0.15) is 49.9 Å². The normalized spacial score (nSPS) is 21.1.